The molecular formula is C15H15N3O3S. The number of rotatable bonds is 3. The van der Waals surface area contributed by atoms with Gasteiger partial charge in [0.05, 0.1) is 15.9 Å². The summed E-state index contributed by atoms with van der Waals surface area (Å²) in [5.74, 6) is -0.167. The average Bonchev–Trinajstić information content (AvgIpc) is 3.11. The van der Waals surface area contributed by atoms with Crippen molar-refractivity contribution in [2.45, 2.75) is 31.7 Å². The van der Waals surface area contributed by atoms with E-state index in [0.29, 0.717) is 16.1 Å². The monoisotopic (exact) mass is 317 g/mol. The predicted octanol–water partition coefficient (Wildman–Crippen LogP) is 3.10. The van der Waals surface area contributed by atoms with Crippen LogP contribution in [0.2, 0.25) is 0 Å². The largest absolute Gasteiger partial charge is 0.301 e. The zero-order valence-electron chi connectivity index (χ0n) is 11.8. The first-order valence-electron chi connectivity index (χ1n) is 7.15. The minimum Gasteiger partial charge on any atom is -0.301 e. The molecule has 1 N–H and O–H groups in total. The van der Waals surface area contributed by atoms with Gasteiger partial charge in [-0.15, -0.1) is 0 Å². The zero-order chi connectivity index (χ0) is 15.5. The second-order valence-electron chi connectivity index (χ2n) is 5.29. The minimum absolute atomic E-state index is 0.0363. The van der Waals surface area contributed by atoms with Crippen LogP contribution in [0.3, 0.4) is 0 Å². The molecule has 0 radical (unpaired) electrons. The maximum atomic E-state index is 11.9. The fourth-order valence-electron chi connectivity index (χ4n) is 2.53. The summed E-state index contributed by atoms with van der Waals surface area (Å²) >= 11 is 1.33. The van der Waals surface area contributed by atoms with Crippen molar-refractivity contribution in [1.82, 2.24) is 5.32 Å². The van der Waals surface area contributed by atoms with Gasteiger partial charge in [-0.3, -0.25) is 19.9 Å². The molecule has 1 heterocycles. The molecule has 0 bridgehead atoms. The van der Waals surface area contributed by atoms with Crippen molar-refractivity contribution >= 4 is 34.6 Å². The molecule has 0 spiro atoms. The number of nitro benzene ring substituents is 1. The van der Waals surface area contributed by atoms with Crippen molar-refractivity contribution in [3.05, 3.63) is 44.8 Å². The van der Waals surface area contributed by atoms with Gasteiger partial charge in [-0.05, 0) is 48.4 Å². The molecule has 22 heavy (non-hydrogen) atoms. The van der Waals surface area contributed by atoms with Gasteiger partial charge in [-0.25, -0.2) is 0 Å². The van der Waals surface area contributed by atoms with E-state index < -0.39 is 4.92 Å². The summed E-state index contributed by atoms with van der Waals surface area (Å²) in [7, 11) is 0. The number of nitrogens with zero attached hydrogens (tertiary/aromatic N) is 2. The second kappa shape index (κ2) is 6.31. The third-order valence-corrected chi connectivity index (χ3v) is 4.60. The van der Waals surface area contributed by atoms with Crippen LogP contribution in [0.25, 0.3) is 6.08 Å². The molecule has 7 heteroatoms. The Balaban J connectivity index is 1.73. The zero-order valence-corrected chi connectivity index (χ0v) is 12.6. The van der Waals surface area contributed by atoms with Crippen LogP contribution in [0.4, 0.5) is 5.69 Å². The van der Waals surface area contributed by atoms with Crippen molar-refractivity contribution in [2.24, 2.45) is 4.99 Å². The van der Waals surface area contributed by atoms with Gasteiger partial charge < -0.3 is 5.32 Å². The summed E-state index contributed by atoms with van der Waals surface area (Å²) in [5.41, 5.74) is 0.791. The highest BCUT2D eigenvalue weighted by Gasteiger charge is 2.25. The number of nitrogens with one attached hydrogen (secondary N) is 1. The fourth-order valence-corrected chi connectivity index (χ4v) is 3.42. The van der Waals surface area contributed by atoms with Crippen LogP contribution in [0.1, 0.15) is 31.2 Å². The highest BCUT2D eigenvalue weighted by Crippen LogP contribution is 2.29. The molecule has 1 aliphatic carbocycles. The number of aliphatic imine (C=N–C) groups is 1. The molecule has 1 aromatic carbocycles. The quantitative estimate of drug-likeness (QED) is 0.527. The molecule has 2 aliphatic rings. The van der Waals surface area contributed by atoms with Crippen LogP contribution in [-0.2, 0) is 4.79 Å². The number of carbonyl (C=O) groups excluding carboxylic acids is 1. The van der Waals surface area contributed by atoms with Gasteiger partial charge in [0.15, 0.2) is 5.17 Å². The highest BCUT2D eigenvalue weighted by molar-refractivity contribution is 8.18. The van der Waals surface area contributed by atoms with E-state index in [9.17, 15) is 14.9 Å². The van der Waals surface area contributed by atoms with E-state index in [2.05, 4.69) is 10.3 Å². The van der Waals surface area contributed by atoms with Gasteiger partial charge in [0, 0.05) is 12.1 Å². The van der Waals surface area contributed by atoms with E-state index in [0.717, 1.165) is 18.4 Å². The highest BCUT2D eigenvalue weighted by atomic mass is 32.2. The molecule has 114 valence electrons. The number of amidine groups is 1. The van der Waals surface area contributed by atoms with E-state index in [1.807, 2.05) is 0 Å². The van der Waals surface area contributed by atoms with Crippen molar-refractivity contribution in [2.75, 3.05) is 0 Å². The number of benzene rings is 1. The Kier molecular flexibility index (Phi) is 4.24. The number of non-ortho nitro benzene ring substituents is 1. The number of hydrogen-bond donors (Lipinski definition) is 1. The summed E-state index contributed by atoms with van der Waals surface area (Å²) in [6.45, 7) is 0. The molecule has 6 nitrogen and oxygen atoms in total. The van der Waals surface area contributed by atoms with Gasteiger partial charge in [-0.2, -0.15) is 0 Å². The van der Waals surface area contributed by atoms with Gasteiger partial charge in [0.1, 0.15) is 0 Å². The number of hydrogen-bond acceptors (Lipinski definition) is 5. The third kappa shape index (κ3) is 3.36. The lowest BCUT2D eigenvalue weighted by molar-refractivity contribution is -0.384. The normalized spacial score (nSPS) is 22.5. The van der Waals surface area contributed by atoms with E-state index in [1.54, 1.807) is 18.2 Å². The maximum Gasteiger partial charge on any atom is 0.269 e. The summed E-state index contributed by atoms with van der Waals surface area (Å²) < 4.78 is 0. The van der Waals surface area contributed by atoms with Crippen LogP contribution < -0.4 is 5.32 Å². The summed E-state index contributed by atoms with van der Waals surface area (Å²) in [4.78, 5) is 27.3. The number of carbonyl (C=O) groups is 1. The average molecular weight is 317 g/mol. The summed E-state index contributed by atoms with van der Waals surface area (Å²) in [5, 5.41) is 14.1. The van der Waals surface area contributed by atoms with Crippen LogP contribution in [0.5, 0.6) is 0 Å². The van der Waals surface area contributed by atoms with E-state index in [4.69, 9.17) is 0 Å². The fraction of sp³-hybridized carbons (Fsp3) is 0.333. The van der Waals surface area contributed by atoms with E-state index in [-0.39, 0.29) is 11.6 Å². The van der Waals surface area contributed by atoms with Gasteiger partial charge >= 0.3 is 0 Å². The van der Waals surface area contributed by atoms with Crippen molar-refractivity contribution in [3.8, 4) is 0 Å². The molecule has 3 rings (SSSR count). The smallest absolute Gasteiger partial charge is 0.269 e. The Labute approximate surface area is 131 Å². The van der Waals surface area contributed by atoms with Crippen LogP contribution in [0, 0.1) is 10.1 Å². The molecule has 0 unspecified atom stereocenters. The number of thioether (sulfide) groups is 1. The van der Waals surface area contributed by atoms with Crippen molar-refractivity contribution in [1.29, 1.82) is 0 Å². The molecule has 0 atom stereocenters. The standard InChI is InChI=1S/C15H15N3O3S/c19-14-13(9-10-5-7-12(8-6-10)18(20)21)22-15(17-14)16-11-3-1-2-4-11/h5-9,11H,1-4H2,(H,16,17,19)/b13-9-. The second-order valence-corrected chi connectivity index (χ2v) is 6.32. The lowest BCUT2D eigenvalue weighted by atomic mass is 10.2. The summed E-state index contributed by atoms with van der Waals surface area (Å²) in [6.07, 6.45) is 6.29. The first kappa shape index (κ1) is 14.8. The lowest BCUT2D eigenvalue weighted by Gasteiger charge is -2.02. The molecule has 1 aromatic rings. The molecule has 1 saturated carbocycles. The predicted molar refractivity (Wildman–Crippen MR) is 86.5 cm³/mol. The van der Waals surface area contributed by atoms with Gasteiger partial charge in [0.2, 0.25) is 0 Å². The van der Waals surface area contributed by atoms with E-state index in [1.165, 1.54) is 36.7 Å². The van der Waals surface area contributed by atoms with Crippen LogP contribution in [0.15, 0.2) is 34.2 Å². The molecule has 2 fully saturated rings. The number of amides is 1. The minimum atomic E-state index is -0.444. The summed E-state index contributed by atoms with van der Waals surface area (Å²) in [6, 6.07) is 6.44. The SMILES string of the molecule is O=C1NC(=NC2CCCC2)S/C1=C\c1ccc([N+](=O)[O-])cc1. The molecule has 1 aliphatic heterocycles. The van der Waals surface area contributed by atoms with Crippen LogP contribution in [-0.4, -0.2) is 22.0 Å². The van der Waals surface area contributed by atoms with Crippen molar-refractivity contribution in [3.63, 3.8) is 0 Å². The first-order valence-corrected chi connectivity index (χ1v) is 7.96. The number of nitro groups is 1. The third-order valence-electron chi connectivity index (χ3n) is 3.68. The Morgan fingerprint density at radius 1 is 1.27 bits per heavy atom. The van der Waals surface area contributed by atoms with Crippen LogP contribution >= 0.6 is 11.8 Å². The Morgan fingerprint density at radius 3 is 2.59 bits per heavy atom. The van der Waals surface area contributed by atoms with E-state index >= 15 is 0 Å². The molecular weight excluding hydrogens is 302 g/mol. The Hall–Kier alpha value is -2.15. The lowest BCUT2D eigenvalue weighted by Crippen LogP contribution is -2.21. The Morgan fingerprint density at radius 2 is 1.95 bits per heavy atom. The maximum absolute atomic E-state index is 11.9. The first-order chi connectivity index (χ1) is 10.6. The molecule has 0 aromatic heterocycles. The molecule has 1 saturated heterocycles. The topological polar surface area (TPSA) is 84.6 Å². The van der Waals surface area contributed by atoms with Gasteiger partial charge in [0.25, 0.3) is 11.6 Å². The van der Waals surface area contributed by atoms with Crippen molar-refractivity contribution < 1.29 is 9.72 Å². The Bertz CT molecular complexity index is 661. The van der Waals surface area contributed by atoms with Gasteiger partial charge in [-0.1, -0.05) is 12.8 Å². The molecule has 1 amide bonds.